The zero-order chi connectivity index (χ0) is 15.8. The minimum Gasteiger partial charge on any atom is -0.398 e. The average Bonchev–Trinajstić information content (AvgIpc) is 2.37. The van der Waals surface area contributed by atoms with Crippen LogP contribution in [-0.4, -0.2) is 50.8 Å². The smallest absolute Gasteiger partial charge is 0.247 e. The van der Waals surface area contributed by atoms with Crippen LogP contribution in [0, 0.1) is 0 Å². The number of hydrogen-bond donors (Lipinski definition) is 1. The molecule has 0 amide bonds. The highest BCUT2D eigenvalue weighted by Crippen LogP contribution is 2.33. The Balaban J connectivity index is 2.57. The number of nitrogens with two attached hydrogens (primary N) is 1. The third-order valence-electron chi connectivity index (χ3n) is 3.10. The van der Waals surface area contributed by atoms with Crippen LogP contribution in [0.5, 0.6) is 0 Å². The second-order valence-corrected chi connectivity index (χ2v) is 10.2. The SMILES string of the molecule is CS(=O)(=O)C1CSCCN1S(=O)(=O)c1c(N)cccc1Cl. The molecule has 10 heteroatoms. The molecule has 2 N–H and O–H groups in total. The third kappa shape index (κ3) is 3.31. The molecular formula is C11H15ClN2O4S3. The quantitative estimate of drug-likeness (QED) is 0.798. The molecule has 118 valence electrons. The Kier molecular flexibility index (Phi) is 4.79. The fourth-order valence-corrected chi connectivity index (χ4v) is 7.90. The molecule has 6 nitrogen and oxygen atoms in total. The van der Waals surface area contributed by atoms with Crippen LogP contribution in [0.3, 0.4) is 0 Å². The van der Waals surface area contributed by atoms with Gasteiger partial charge in [-0.05, 0) is 12.1 Å². The van der Waals surface area contributed by atoms with Crippen LogP contribution in [-0.2, 0) is 19.9 Å². The van der Waals surface area contributed by atoms with Gasteiger partial charge in [-0.2, -0.15) is 16.1 Å². The fraction of sp³-hybridized carbons (Fsp3) is 0.455. The maximum atomic E-state index is 12.8. The van der Waals surface area contributed by atoms with Crippen molar-refractivity contribution in [2.75, 3.05) is 30.0 Å². The van der Waals surface area contributed by atoms with E-state index >= 15 is 0 Å². The molecule has 1 saturated heterocycles. The van der Waals surface area contributed by atoms with Gasteiger partial charge in [0.15, 0.2) is 9.84 Å². The summed E-state index contributed by atoms with van der Waals surface area (Å²) in [7, 11) is -7.62. The van der Waals surface area contributed by atoms with Crippen molar-refractivity contribution in [2.45, 2.75) is 10.3 Å². The molecule has 0 bridgehead atoms. The van der Waals surface area contributed by atoms with Gasteiger partial charge in [0.05, 0.1) is 10.7 Å². The Bertz CT molecular complexity index is 728. The molecule has 0 saturated carbocycles. The standard InChI is InChI=1S/C11H15ClN2O4S3/c1-20(15,16)10-7-19-6-5-14(10)21(17,18)11-8(12)3-2-4-9(11)13/h2-4,10H,5-7,13H2,1H3. The molecule has 0 aliphatic carbocycles. The van der Waals surface area contributed by atoms with E-state index in [2.05, 4.69) is 0 Å². The Hall–Kier alpha value is -0.480. The average molecular weight is 371 g/mol. The van der Waals surface area contributed by atoms with Gasteiger partial charge < -0.3 is 5.73 Å². The number of sulfonamides is 1. The Labute approximate surface area is 133 Å². The first-order valence-electron chi connectivity index (χ1n) is 5.98. The summed E-state index contributed by atoms with van der Waals surface area (Å²) in [5.74, 6) is 0.720. The van der Waals surface area contributed by atoms with Crippen LogP contribution in [0.1, 0.15) is 0 Å². The fourth-order valence-electron chi connectivity index (χ4n) is 2.09. The van der Waals surface area contributed by atoms with Crippen LogP contribution >= 0.6 is 23.4 Å². The number of nitrogens with zero attached hydrogens (tertiary/aromatic N) is 1. The molecule has 1 aliphatic rings. The minimum absolute atomic E-state index is 0.00739. The summed E-state index contributed by atoms with van der Waals surface area (Å²) in [5, 5.41) is -1.11. The van der Waals surface area contributed by atoms with E-state index in [4.69, 9.17) is 17.3 Å². The molecule has 1 atom stereocenters. The summed E-state index contributed by atoms with van der Waals surface area (Å²) in [4.78, 5) is -0.229. The van der Waals surface area contributed by atoms with E-state index in [1.54, 1.807) is 0 Å². The molecule has 1 unspecified atom stereocenters. The molecule has 0 spiro atoms. The van der Waals surface area contributed by atoms with Crippen LogP contribution in [0.2, 0.25) is 5.02 Å². The van der Waals surface area contributed by atoms with Crippen molar-refractivity contribution in [1.29, 1.82) is 0 Å². The van der Waals surface area contributed by atoms with Gasteiger partial charge in [-0.1, -0.05) is 17.7 Å². The Morgan fingerprint density at radius 1 is 1.33 bits per heavy atom. The summed E-state index contributed by atoms with van der Waals surface area (Å²) in [6, 6.07) is 4.38. The monoisotopic (exact) mass is 370 g/mol. The first-order chi connectivity index (χ1) is 9.65. The topological polar surface area (TPSA) is 97.5 Å². The van der Waals surface area contributed by atoms with Gasteiger partial charge in [0, 0.05) is 24.3 Å². The van der Waals surface area contributed by atoms with Crippen molar-refractivity contribution in [3.05, 3.63) is 23.2 Å². The lowest BCUT2D eigenvalue weighted by Crippen LogP contribution is -2.49. The van der Waals surface area contributed by atoms with E-state index in [1.807, 2.05) is 0 Å². The molecule has 1 heterocycles. The Morgan fingerprint density at radius 2 is 2.00 bits per heavy atom. The first-order valence-corrected chi connectivity index (χ1v) is 10.9. The van der Waals surface area contributed by atoms with Gasteiger partial charge in [0.2, 0.25) is 10.0 Å². The highest BCUT2D eigenvalue weighted by molar-refractivity contribution is 8.01. The Morgan fingerprint density at radius 3 is 2.57 bits per heavy atom. The van der Waals surface area contributed by atoms with E-state index in [0.29, 0.717) is 5.75 Å². The number of benzene rings is 1. The van der Waals surface area contributed by atoms with E-state index in [9.17, 15) is 16.8 Å². The van der Waals surface area contributed by atoms with Crippen molar-refractivity contribution in [3.63, 3.8) is 0 Å². The molecular weight excluding hydrogens is 356 g/mol. The predicted molar refractivity (Wildman–Crippen MR) is 85.7 cm³/mol. The normalized spacial score (nSPS) is 21.3. The summed E-state index contributed by atoms with van der Waals surface area (Å²) in [6.07, 6.45) is 1.03. The highest BCUT2D eigenvalue weighted by Gasteiger charge is 2.40. The molecule has 1 aromatic carbocycles. The van der Waals surface area contributed by atoms with Crippen molar-refractivity contribution >= 4 is 48.9 Å². The van der Waals surface area contributed by atoms with E-state index in [1.165, 1.54) is 30.0 Å². The molecule has 0 radical (unpaired) electrons. The zero-order valence-corrected chi connectivity index (χ0v) is 14.4. The number of thioether (sulfide) groups is 1. The number of rotatable bonds is 3. The number of sulfone groups is 1. The van der Waals surface area contributed by atoms with Crippen LogP contribution in [0.25, 0.3) is 0 Å². The molecule has 1 fully saturated rings. The number of anilines is 1. The van der Waals surface area contributed by atoms with Crippen LogP contribution in [0.15, 0.2) is 23.1 Å². The van der Waals surface area contributed by atoms with Crippen molar-refractivity contribution in [2.24, 2.45) is 0 Å². The van der Waals surface area contributed by atoms with Crippen molar-refractivity contribution in [3.8, 4) is 0 Å². The summed E-state index contributed by atoms with van der Waals surface area (Å²) < 4.78 is 50.3. The van der Waals surface area contributed by atoms with Crippen LogP contribution in [0.4, 0.5) is 5.69 Å². The first kappa shape index (κ1) is 16.9. The lowest BCUT2D eigenvalue weighted by molar-refractivity contribution is 0.405. The van der Waals surface area contributed by atoms with E-state index in [0.717, 1.165) is 10.6 Å². The maximum absolute atomic E-state index is 12.8. The van der Waals surface area contributed by atoms with Gasteiger partial charge in [0.1, 0.15) is 10.3 Å². The number of hydrogen-bond acceptors (Lipinski definition) is 6. The van der Waals surface area contributed by atoms with Gasteiger partial charge in [-0.15, -0.1) is 0 Å². The van der Waals surface area contributed by atoms with E-state index in [-0.39, 0.29) is 27.9 Å². The lowest BCUT2D eigenvalue weighted by Gasteiger charge is -2.33. The molecule has 21 heavy (non-hydrogen) atoms. The van der Waals surface area contributed by atoms with Gasteiger partial charge in [-0.25, -0.2) is 16.8 Å². The summed E-state index contributed by atoms with van der Waals surface area (Å²) in [6.45, 7) is 0.107. The number of halogens is 1. The highest BCUT2D eigenvalue weighted by atomic mass is 35.5. The summed E-state index contributed by atoms with van der Waals surface area (Å²) in [5.41, 5.74) is 5.73. The van der Waals surface area contributed by atoms with Gasteiger partial charge in [-0.3, -0.25) is 0 Å². The minimum atomic E-state index is -4.07. The third-order valence-corrected chi connectivity index (χ3v) is 8.33. The van der Waals surface area contributed by atoms with Crippen molar-refractivity contribution in [1.82, 2.24) is 4.31 Å². The zero-order valence-electron chi connectivity index (χ0n) is 11.2. The molecule has 2 rings (SSSR count). The van der Waals surface area contributed by atoms with Gasteiger partial charge in [0.25, 0.3) is 0 Å². The second-order valence-electron chi connectivity index (χ2n) is 4.63. The second kappa shape index (κ2) is 5.96. The van der Waals surface area contributed by atoms with E-state index < -0.39 is 25.2 Å². The number of nitrogen functional groups attached to an aromatic ring is 1. The maximum Gasteiger partial charge on any atom is 0.247 e. The van der Waals surface area contributed by atoms with Crippen molar-refractivity contribution < 1.29 is 16.8 Å². The molecule has 1 aliphatic heterocycles. The molecule has 1 aromatic rings. The largest absolute Gasteiger partial charge is 0.398 e. The molecule has 0 aromatic heterocycles. The predicted octanol–water partition coefficient (Wildman–Crippen LogP) is 1.03. The summed E-state index contributed by atoms with van der Waals surface area (Å²) >= 11 is 7.36. The van der Waals surface area contributed by atoms with Crippen LogP contribution < -0.4 is 5.73 Å². The lowest BCUT2D eigenvalue weighted by atomic mass is 10.3. The van der Waals surface area contributed by atoms with Gasteiger partial charge >= 0.3 is 0 Å².